The van der Waals surface area contributed by atoms with Crippen molar-refractivity contribution in [3.8, 4) is 0 Å². The number of sulfone groups is 1. The summed E-state index contributed by atoms with van der Waals surface area (Å²) in [5, 5.41) is 9.56. The lowest BCUT2D eigenvalue weighted by atomic mass is 10.4. The first kappa shape index (κ1) is 12.4. The second-order valence-electron chi connectivity index (χ2n) is 4.37. The molecule has 3 aromatic heterocycles. The molecule has 0 saturated heterocycles. The number of nitrogens with zero attached hydrogens (tertiary/aromatic N) is 4. The van der Waals surface area contributed by atoms with E-state index in [1.165, 1.54) is 28.0 Å². The molecule has 0 aliphatic carbocycles. The summed E-state index contributed by atoms with van der Waals surface area (Å²) in [4.78, 5) is 4.38. The van der Waals surface area contributed by atoms with Crippen LogP contribution in [0.5, 0.6) is 0 Å². The Balaban J connectivity index is 2.03. The molecule has 6 nitrogen and oxygen atoms in total. The maximum atomic E-state index is 12.6. The summed E-state index contributed by atoms with van der Waals surface area (Å²) in [5.41, 5.74) is 1.04. The molecule has 0 saturated carbocycles. The number of fused-ring (bicyclic) bond motifs is 3. The van der Waals surface area contributed by atoms with E-state index in [1.807, 2.05) is 11.4 Å². The van der Waals surface area contributed by atoms with Gasteiger partial charge in [0.1, 0.15) is 0 Å². The Kier molecular flexibility index (Phi) is 2.57. The van der Waals surface area contributed by atoms with E-state index in [2.05, 4.69) is 15.3 Å². The van der Waals surface area contributed by atoms with Gasteiger partial charge in [0.25, 0.3) is 0 Å². The van der Waals surface area contributed by atoms with Crippen LogP contribution in [0.25, 0.3) is 15.9 Å². The topological polar surface area (TPSA) is 77.2 Å². The van der Waals surface area contributed by atoms with Gasteiger partial charge in [-0.2, -0.15) is 4.52 Å². The molecule has 0 unspecified atom stereocenters. The summed E-state index contributed by atoms with van der Waals surface area (Å²) < 4.78 is 27.6. The highest BCUT2D eigenvalue weighted by molar-refractivity contribution is 7.91. The Labute approximate surface area is 123 Å². The Hall–Kier alpha value is -2.32. The second-order valence-corrected chi connectivity index (χ2v) is 7.19. The third-order valence-electron chi connectivity index (χ3n) is 3.13. The van der Waals surface area contributed by atoms with Crippen LogP contribution in [-0.2, 0) is 9.84 Å². The van der Waals surface area contributed by atoms with E-state index in [0.717, 1.165) is 10.2 Å². The van der Waals surface area contributed by atoms with Gasteiger partial charge in [-0.25, -0.2) is 13.4 Å². The van der Waals surface area contributed by atoms with Gasteiger partial charge in [0.15, 0.2) is 5.65 Å². The van der Waals surface area contributed by atoms with Gasteiger partial charge in [0.05, 0.1) is 15.1 Å². The fourth-order valence-electron chi connectivity index (χ4n) is 2.13. The van der Waals surface area contributed by atoms with Crippen LogP contribution in [0, 0.1) is 0 Å². The molecular formula is C13H8N4O2S2. The molecule has 1 aromatic carbocycles. The SMILES string of the molecule is O=S(=O)(c1ccccc1)c1nnn2c1ncc1sccc12. The summed E-state index contributed by atoms with van der Waals surface area (Å²) in [7, 11) is -3.73. The predicted octanol–water partition coefficient (Wildman–Crippen LogP) is 2.17. The average molecular weight is 316 g/mol. The number of thiophene rings is 1. The van der Waals surface area contributed by atoms with Crippen LogP contribution in [0.3, 0.4) is 0 Å². The first-order chi connectivity index (χ1) is 10.2. The zero-order valence-corrected chi connectivity index (χ0v) is 12.2. The van der Waals surface area contributed by atoms with Gasteiger partial charge in [-0.05, 0) is 23.6 Å². The normalized spacial score (nSPS) is 12.2. The van der Waals surface area contributed by atoms with E-state index in [-0.39, 0.29) is 15.6 Å². The summed E-state index contributed by atoms with van der Waals surface area (Å²) in [6.45, 7) is 0. The van der Waals surface area contributed by atoms with Gasteiger partial charge in [0.2, 0.25) is 14.9 Å². The Morgan fingerprint density at radius 1 is 1.10 bits per heavy atom. The summed E-state index contributed by atoms with van der Waals surface area (Å²) in [6, 6.07) is 10.0. The van der Waals surface area contributed by atoms with Crippen molar-refractivity contribution in [3.63, 3.8) is 0 Å². The van der Waals surface area contributed by atoms with E-state index < -0.39 is 9.84 Å². The molecule has 0 aliphatic rings. The molecule has 4 aromatic rings. The highest BCUT2D eigenvalue weighted by Gasteiger charge is 2.25. The quantitative estimate of drug-likeness (QED) is 0.566. The molecule has 3 heterocycles. The fraction of sp³-hybridized carbons (Fsp3) is 0. The standard InChI is InChI=1S/C13H8N4O2S2/c18-21(19,9-4-2-1-3-5-9)13-12-14-8-11-10(6-7-20-11)17(12)16-15-13/h1-8H. The van der Waals surface area contributed by atoms with E-state index in [4.69, 9.17) is 0 Å². The predicted molar refractivity (Wildman–Crippen MR) is 78.1 cm³/mol. The maximum absolute atomic E-state index is 12.6. The van der Waals surface area contributed by atoms with Crippen LogP contribution >= 0.6 is 11.3 Å². The van der Waals surface area contributed by atoms with Crippen molar-refractivity contribution < 1.29 is 8.42 Å². The minimum absolute atomic E-state index is 0.123. The Morgan fingerprint density at radius 3 is 2.71 bits per heavy atom. The van der Waals surface area contributed by atoms with E-state index in [0.29, 0.717) is 0 Å². The maximum Gasteiger partial charge on any atom is 0.229 e. The molecule has 21 heavy (non-hydrogen) atoms. The first-order valence-electron chi connectivity index (χ1n) is 6.06. The third kappa shape index (κ3) is 1.76. The van der Waals surface area contributed by atoms with Crippen LogP contribution in [0.1, 0.15) is 0 Å². The van der Waals surface area contributed by atoms with Crippen LogP contribution in [0.4, 0.5) is 0 Å². The van der Waals surface area contributed by atoms with Crippen LogP contribution in [0.2, 0.25) is 0 Å². The summed E-state index contributed by atoms with van der Waals surface area (Å²) >= 11 is 1.51. The second kappa shape index (κ2) is 4.34. The molecule has 104 valence electrons. The van der Waals surface area contributed by atoms with Gasteiger partial charge in [-0.3, -0.25) is 0 Å². The molecule has 0 bridgehead atoms. The first-order valence-corrected chi connectivity index (χ1v) is 8.42. The summed E-state index contributed by atoms with van der Waals surface area (Å²) in [6.07, 6.45) is 1.64. The van der Waals surface area contributed by atoms with Crippen LogP contribution < -0.4 is 0 Å². The van der Waals surface area contributed by atoms with E-state index >= 15 is 0 Å². The highest BCUT2D eigenvalue weighted by Crippen LogP contribution is 2.25. The van der Waals surface area contributed by atoms with Gasteiger partial charge in [0, 0.05) is 6.20 Å². The largest absolute Gasteiger partial charge is 0.233 e. The molecular weight excluding hydrogens is 308 g/mol. The van der Waals surface area contributed by atoms with Crippen molar-refractivity contribution in [2.45, 2.75) is 9.92 Å². The van der Waals surface area contributed by atoms with Gasteiger partial charge >= 0.3 is 0 Å². The summed E-state index contributed by atoms with van der Waals surface area (Å²) in [5.74, 6) is 0. The zero-order chi connectivity index (χ0) is 14.4. The molecule has 0 amide bonds. The molecule has 4 rings (SSSR count). The molecule has 0 atom stereocenters. The molecule has 0 fully saturated rings. The minimum Gasteiger partial charge on any atom is -0.233 e. The van der Waals surface area contributed by atoms with Crippen molar-refractivity contribution in [3.05, 3.63) is 48.0 Å². The van der Waals surface area contributed by atoms with Crippen molar-refractivity contribution in [2.24, 2.45) is 0 Å². The lowest BCUT2D eigenvalue weighted by molar-refractivity contribution is 0.592. The average Bonchev–Trinajstić information content (AvgIpc) is 3.14. The highest BCUT2D eigenvalue weighted by atomic mass is 32.2. The number of rotatable bonds is 2. The number of hydrogen-bond donors (Lipinski definition) is 0. The van der Waals surface area contributed by atoms with Gasteiger partial charge in [-0.1, -0.05) is 23.4 Å². The van der Waals surface area contributed by atoms with E-state index in [1.54, 1.807) is 24.4 Å². The van der Waals surface area contributed by atoms with Gasteiger partial charge < -0.3 is 0 Å². The minimum atomic E-state index is -3.73. The van der Waals surface area contributed by atoms with Crippen molar-refractivity contribution in [2.75, 3.05) is 0 Å². The third-order valence-corrected chi connectivity index (χ3v) is 5.64. The zero-order valence-electron chi connectivity index (χ0n) is 10.5. The Bertz CT molecular complexity index is 1050. The monoisotopic (exact) mass is 316 g/mol. The fourth-order valence-corrected chi connectivity index (χ4v) is 4.12. The van der Waals surface area contributed by atoms with Gasteiger partial charge in [-0.15, -0.1) is 16.4 Å². The van der Waals surface area contributed by atoms with Crippen LogP contribution in [-0.4, -0.2) is 28.2 Å². The Morgan fingerprint density at radius 2 is 1.90 bits per heavy atom. The van der Waals surface area contributed by atoms with Crippen molar-refractivity contribution in [1.82, 2.24) is 19.8 Å². The number of aromatic nitrogens is 4. The molecule has 0 spiro atoms. The lowest BCUT2D eigenvalue weighted by Gasteiger charge is -2.00. The van der Waals surface area contributed by atoms with Crippen LogP contribution in [0.15, 0.2) is 57.9 Å². The smallest absolute Gasteiger partial charge is 0.229 e. The molecule has 0 aliphatic heterocycles. The molecule has 8 heteroatoms. The number of hydrogen-bond acceptors (Lipinski definition) is 6. The molecule has 0 N–H and O–H groups in total. The van der Waals surface area contributed by atoms with E-state index in [9.17, 15) is 8.42 Å². The number of benzene rings is 1. The lowest BCUT2D eigenvalue weighted by Crippen LogP contribution is -2.03. The molecule has 0 radical (unpaired) electrons. The van der Waals surface area contributed by atoms with Crippen molar-refractivity contribution >= 4 is 37.0 Å². The van der Waals surface area contributed by atoms with Crippen molar-refractivity contribution in [1.29, 1.82) is 0 Å².